The van der Waals surface area contributed by atoms with Gasteiger partial charge >= 0.3 is 11.8 Å². The molecule has 0 saturated heterocycles. The smallest absolute Gasteiger partial charge is 0.417 e. The van der Waals surface area contributed by atoms with Crippen molar-refractivity contribution < 1.29 is 22.4 Å². The topological polar surface area (TPSA) is 101 Å². The number of rotatable bonds is 4. The molecular weight excluding hydrogens is 399 g/mol. The zero-order valence-corrected chi connectivity index (χ0v) is 15.4. The molecule has 30 heavy (non-hydrogen) atoms. The molecule has 2 aromatic carbocycles. The SMILES string of the molecule is N[C@@H](Cc1c[nH]c2ccccc12)C(=O)Nc1ccc2c(C(F)(F)F)cc(=O)oc2c1. The van der Waals surface area contributed by atoms with E-state index in [2.05, 4.69) is 10.3 Å². The number of halogens is 3. The molecule has 0 aliphatic carbocycles. The normalized spacial score (nSPS) is 12.9. The van der Waals surface area contributed by atoms with E-state index in [1.807, 2.05) is 24.3 Å². The summed E-state index contributed by atoms with van der Waals surface area (Å²) in [6, 6.07) is 10.7. The number of aromatic nitrogens is 1. The van der Waals surface area contributed by atoms with Gasteiger partial charge in [-0.25, -0.2) is 4.79 Å². The number of amides is 1. The van der Waals surface area contributed by atoms with Crippen LogP contribution in [0.3, 0.4) is 0 Å². The van der Waals surface area contributed by atoms with Crippen molar-refractivity contribution in [3.63, 3.8) is 0 Å². The number of benzene rings is 2. The fourth-order valence-corrected chi connectivity index (χ4v) is 3.34. The molecule has 6 nitrogen and oxygen atoms in total. The van der Waals surface area contributed by atoms with Crippen molar-refractivity contribution in [1.82, 2.24) is 4.98 Å². The summed E-state index contributed by atoms with van der Waals surface area (Å²) >= 11 is 0. The number of hydrogen-bond acceptors (Lipinski definition) is 4. The molecule has 0 bridgehead atoms. The van der Waals surface area contributed by atoms with Crippen molar-refractivity contribution in [3.05, 3.63) is 76.3 Å². The summed E-state index contributed by atoms with van der Waals surface area (Å²) in [6.45, 7) is 0. The number of hydrogen-bond donors (Lipinski definition) is 3. The van der Waals surface area contributed by atoms with Crippen LogP contribution in [0.5, 0.6) is 0 Å². The molecule has 0 aliphatic heterocycles. The van der Waals surface area contributed by atoms with Crippen LogP contribution < -0.4 is 16.7 Å². The van der Waals surface area contributed by atoms with E-state index in [1.165, 1.54) is 12.1 Å². The average Bonchev–Trinajstić information content (AvgIpc) is 3.09. The van der Waals surface area contributed by atoms with Crippen LogP contribution in [0.15, 0.2) is 63.9 Å². The maximum Gasteiger partial charge on any atom is 0.417 e. The molecular formula is C21H16F3N3O3. The molecule has 2 aromatic heterocycles. The Balaban J connectivity index is 1.56. The second-order valence-corrected chi connectivity index (χ2v) is 6.85. The predicted octanol–water partition coefficient (Wildman–Crippen LogP) is 3.80. The van der Waals surface area contributed by atoms with Crippen molar-refractivity contribution >= 4 is 33.5 Å². The van der Waals surface area contributed by atoms with Gasteiger partial charge < -0.3 is 20.5 Å². The molecule has 154 valence electrons. The highest BCUT2D eigenvalue weighted by Crippen LogP contribution is 2.34. The van der Waals surface area contributed by atoms with Gasteiger partial charge in [0.2, 0.25) is 5.91 Å². The highest BCUT2D eigenvalue weighted by molar-refractivity contribution is 5.97. The molecule has 0 unspecified atom stereocenters. The lowest BCUT2D eigenvalue weighted by molar-refractivity contribution is -0.136. The lowest BCUT2D eigenvalue weighted by atomic mass is 10.0. The summed E-state index contributed by atoms with van der Waals surface area (Å²) in [6.07, 6.45) is -2.67. The van der Waals surface area contributed by atoms with Gasteiger partial charge in [-0.05, 0) is 30.2 Å². The monoisotopic (exact) mass is 415 g/mol. The second-order valence-electron chi connectivity index (χ2n) is 6.85. The Hall–Kier alpha value is -3.59. The number of H-pyrrole nitrogens is 1. The molecule has 1 amide bonds. The van der Waals surface area contributed by atoms with Gasteiger partial charge in [0.25, 0.3) is 0 Å². The van der Waals surface area contributed by atoms with Crippen LogP contribution >= 0.6 is 0 Å². The number of alkyl halides is 3. The first kappa shape index (κ1) is 19.7. The Bertz CT molecular complexity index is 1310. The first-order valence-corrected chi connectivity index (χ1v) is 8.99. The third-order valence-corrected chi connectivity index (χ3v) is 4.77. The molecule has 0 fully saturated rings. The minimum Gasteiger partial charge on any atom is -0.423 e. The lowest BCUT2D eigenvalue weighted by Crippen LogP contribution is -2.37. The molecule has 4 rings (SSSR count). The zero-order valence-electron chi connectivity index (χ0n) is 15.4. The van der Waals surface area contributed by atoms with Crippen molar-refractivity contribution in [2.45, 2.75) is 18.6 Å². The first-order chi connectivity index (χ1) is 14.2. The molecule has 0 saturated carbocycles. The van der Waals surface area contributed by atoms with E-state index in [4.69, 9.17) is 10.2 Å². The zero-order chi connectivity index (χ0) is 21.5. The number of aromatic amines is 1. The van der Waals surface area contributed by atoms with Crippen molar-refractivity contribution in [3.8, 4) is 0 Å². The third kappa shape index (κ3) is 3.79. The van der Waals surface area contributed by atoms with Gasteiger partial charge in [-0.1, -0.05) is 18.2 Å². The minimum absolute atomic E-state index is 0.171. The van der Waals surface area contributed by atoms with Crippen molar-refractivity contribution in [1.29, 1.82) is 0 Å². The van der Waals surface area contributed by atoms with E-state index in [0.717, 1.165) is 22.5 Å². The molecule has 2 heterocycles. The van der Waals surface area contributed by atoms with E-state index in [0.29, 0.717) is 6.07 Å². The number of fused-ring (bicyclic) bond motifs is 2. The third-order valence-electron chi connectivity index (χ3n) is 4.77. The number of carbonyl (C=O) groups is 1. The molecule has 4 N–H and O–H groups in total. The van der Waals surface area contributed by atoms with Crippen LogP contribution in [0.4, 0.5) is 18.9 Å². The summed E-state index contributed by atoms with van der Waals surface area (Å²) in [7, 11) is 0. The highest BCUT2D eigenvalue weighted by Gasteiger charge is 2.33. The van der Waals surface area contributed by atoms with Gasteiger partial charge in [-0.3, -0.25) is 4.79 Å². The molecule has 0 spiro atoms. The Morgan fingerprint density at radius 3 is 2.67 bits per heavy atom. The van der Waals surface area contributed by atoms with Gasteiger partial charge in [0.1, 0.15) is 5.58 Å². The summed E-state index contributed by atoms with van der Waals surface area (Å²) in [5.74, 6) is -0.519. The second kappa shape index (κ2) is 7.34. The predicted molar refractivity (Wildman–Crippen MR) is 106 cm³/mol. The summed E-state index contributed by atoms with van der Waals surface area (Å²) < 4.78 is 44.3. The van der Waals surface area contributed by atoms with E-state index in [1.54, 1.807) is 6.20 Å². The van der Waals surface area contributed by atoms with Gasteiger partial charge in [-0.2, -0.15) is 13.2 Å². The Kier molecular flexibility index (Phi) is 4.83. The van der Waals surface area contributed by atoms with Crippen LogP contribution in [0.25, 0.3) is 21.9 Å². The van der Waals surface area contributed by atoms with E-state index >= 15 is 0 Å². The molecule has 9 heteroatoms. The van der Waals surface area contributed by atoms with Crippen molar-refractivity contribution in [2.75, 3.05) is 5.32 Å². The van der Waals surface area contributed by atoms with Crippen molar-refractivity contribution in [2.24, 2.45) is 5.73 Å². The van der Waals surface area contributed by atoms with Gasteiger partial charge in [0.15, 0.2) is 0 Å². The fraction of sp³-hybridized carbons (Fsp3) is 0.143. The Labute approximate surface area is 167 Å². The van der Waals surface area contributed by atoms with E-state index in [-0.39, 0.29) is 23.1 Å². The number of nitrogens with two attached hydrogens (primary N) is 1. The highest BCUT2D eigenvalue weighted by atomic mass is 19.4. The van der Waals surface area contributed by atoms with Gasteiger partial charge in [0.05, 0.1) is 11.6 Å². The maximum absolute atomic E-state index is 13.1. The van der Waals surface area contributed by atoms with Crippen LogP contribution in [-0.4, -0.2) is 16.9 Å². The summed E-state index contributed by atoms with van der Waals surface area (Å²) in [4.78, 5) is 27.1. The standard InChI is InChI=1S/C21H16F3N3O3/c22-21(23,24)15-9-19(28)30-18-8-12(5-6-14(15)18)27-20(29)16(25)7-11-10-26-17-4-2-1-3-13(11)17/h1-6,8-10,16,26H,7,25H2,(H,27,29)/t16-/m0/s1. The summed E-state index contributed by atoms with van der Waals surface area (Å²) in [5, 5.41) is 3.23. The van der Waals surface area contributed by atoms with Crippen LogP contribution in [-0.2, 0) is 17.4 Å². The Morgan fingerprint density at radius 1 is 1.13 bits per heavy atom. The van der Waals surface area contributed by atoms with Gasteiger partial charge in [-0.15, -0.1) is 0 Å². The Morgan fingerprint density at radius 2 is 1.90 bits per heavy atom. The van der Waals surface area contributed by atoms with E-state index in [9.17, 15) is 22.8 Å². The number of anilines is 1. The van der Waals surface area contributed by atoms with Crippen LogP contribution in [0.1, 0.15) is 11.1 Å². The van der Waals surface area contributed by atoms with Crippen LogP contribution in [0.2, 0.25) is 0 Å². The fourth-order valence-electron chi connectivity index (χ4n) is 3.34. The lowest BCUT2D eigenvalue weighted by Gasteiger charge is -2.13. The average molecular weight is 415 g/mol. The first-order valence-electron chi connectivity index (χ1n) is 8.99. The molecule has 0 aliphatic rings. The minimum atomic E-state index is -4.71. The van der Waals surface area contributed by atoms with Gasteiger partial charge in [0, 0.05) is 40.3 Å². The largest absolute Gasteiger partial charge is 0.423 e. The quantitative estimate of drug-likeness (QED) is 0.441. The molecule has 4 aromatic rings. The summed E-state index contributed by atoms with van der Waals surface area (Å²) in [5.41, 5.74) is 5.47. The number of para-hydroxylation sites is 1. The van der Waals surface area contributed by atoms with E-state index < -0.39 is 29.3 Å². The van der Waals surface area contributed by atoms with Crippen LogP contribution in [0, 0.1) is 0 Å². The molecule has 0 radical (unpaired) electrons. The maximum atomic E-state index is 13.1. The number of carbonyl (C=O) groups excluding carboxylic acids is 1. The molecule has 1 atom stereocenters. The number of nitrogens with one attached hydrogen (secondary N) is 2.